The number of allylic oxidation sites excluding steroid dienone is 6. The average molecular weight is 1660 g/mol. The molecule has 10 atom stereocenters. The van der Waals surface area contributed by atoms with Gasteiger partial charge in [0.1, 0.15) is 34.9 Å². The predicted octanol–water partition coefficient (Wildman–Crippen LogP) is 30.8. The Kier molecular flexibility index (Phi) is 59.6. The van der Waals surface area contributed by atoms with E-state index in [2.05, 4.69) is 173 Å². The molecule has 6 fully saturated rings. The first kappa shape index (κ1) is 111. The molecule has 5 aromatic carbocycles. The van der Waals surface area contributed by atoms with Crippen molar-refractivity contribution in [3.8, 4) is 0 Å². The molecular weight excluding hydrogens is 1490 g/mol. The highest BCUT2D eigenvalue weighted by Crippen LogP contribution is 2.29. The van der Waals surface area contributed by atoms with Crippen molar-refractivity contribution in [2.24, 2.45) is 65.1 Å². The van der Waals surface area contributed by atoms with Crippen LogP contribution in [0, 0.1) is 169 Å². The van der Waals surface area contributed by atoms with E-state index in [9.17, 15) is 26.3 Å². The van der Waals surface area contributed by atoms with Crippen molar-refractivity contribution in [2.75, 3.05) is 46.2 Å². The first-order valence-electron chi connectivity index (χ1n) is 45.1. The van der Waals surface area contributed by atoms with Crippen LogP contribution in [0.1, 0.15) is 296 Å². The summed E-state index contributed by atoms with van der Waals surface area (Å²) >= 11 is 0. The van der Waals surface area contributed by atoms with Gasteiger partial charge in [-0.25, -0.2) is 26.3 Å². The quantitative estimate of drug-likeness (QED) is 0.113. The van der Waals surface area contributed by atoms with Crippen LogP contribution in [0.2, 0.25) is 0 Å². The molecule has 5 aromatic rings. The maximum atomic E-state index is 12.6. The summed E-state index contributed by atoms with van der Waals surface area (Å²) in [5, 5.41) is 0. The number of rotatable bonds is 0. The Morgan fingerprint density at radius 1 is 0.237 bits per heavy atom. The van der Waals surface area contributed by atoms with Crippen molar-refractivity contribution in [2.45, 2.75) is 340 Å². The fourth-order valence-corrected chi connectivity index (χ4v) is 12.7. The summed E-state index contributed by atoms with van der Waals surface area (Å²) in [6, 6.07) is 24.2. The summed E-state index contributed by atoms with van der Waals surface area (Å²) in [5.41, 5.74) is 10.6. The third-order valence-electron chi connectivity index (χ3n) is 22.3. The lowest BCUT2D eigenvalue weighted by Gasteiger charge is -2.24. The predicted molar refractivity (Wildman–Crippen MR) is 489 cm³/mol. The zero-order valence-electron chi connectivity index (χ0n) is 79.4. The zero-order chi connectivity index (χ0) is 89.0. The number of benzene rings is 5. The molecule has 5 saturated heterocycles. The summed E-state index contributed by atoms with van der Waals surface area (Å²) in [6.07, 6.45) is 35.6. The minimum Gasteiger partial charge on any atom is -0.378 e. The largest absolute Gasteiger partial charge is 0.378 e. The Labute approximate surface area is 718 Å². The van der Waals surface area contributed by atoms with Crippen LogP contribution in [0.4, 0.5) is 26.3 Å². The van der Waals surface area contributed by atoms with Crippen molar-refractivity contribution in [3.05, 3.63) is 211 Å². The van der Waals surface area contributed by atoms with E-state index < -0.39 is 23.3 Å². The van der Waals surface area contributed by atoms with Crippen molar-refractivity contribution in [3.63, 3.8) is 0 Å². The minimum atomic E-state index is -0.475. The van der Waals surface area contributed by atoms with E-state index in [1.54, 1.807) is 51.0 Å². The Hall–Kier alpha value is -5.38. The SMILES string of the molecule is CC1=CCC(C)CC1.CC1=CCC(C)CC1.CC1C=CC(C)CC1.CC1CCC(C)CC1.CC1CCC(C)OC1.CC1CCC(C)OC1.CC1CCC(C)OC1.CC1COC(C)OC1.CC1COC(C)OC1.Cc1cc(F)c(C)c(F)c1.Cc1cc(F)c(C)c(F)c1.Cc1ccc(C)c(F)c1.Cc1ccc(C)c(F)c1.Cc1ccc(C)cc1. The van der Waals surface area contributed by atoms with Crippen molar-refractivity contribution >= 4 is 0 Å². The topological polar surface area (TPSA) is 64.6 Å². The number of ether oxygens (including phenoxy) is 7. The smallest absolute Gasteiger partial charge is 0.154 e. The van der Waals surface area contributed by atoms with E-state index in [0.29, 0.717) is 52.4 Å². The van der Waals surface area contributed by atoms with Gasteiger partial charge in [-0.3, -0.25) is 0 Å². The van der Waals surface area contributed by atoms with Gasteiger partial charge in [0.15, 0.2) is 12.6 Å². The summed E-state index contributed by atoms with van der Waals surface area (Å²) in [4.78, 5) is 0. The molecule has 5 heterocycles. The van der Waals surface area contributed by atoms with Gasteiger partial charge in [0.05, 0.1) is 44.7 Å². The molecular formula is C105H168F6O7. The lowest BCUT2D eigenvalue weighted by atomic mass is 9.84. The molecule has 0 N–H and O–H groups in total. The zero-order valence-corrected chi connectivity index (χ0v) is 79.4. The standard InChI is InChI=1S/2C8H8F2.2C8H9F.C8H16.3C8H14.C8H10.3C7H14O.2C6H12O2/c2*1-5-3-7(9)6(2)8(10)4-5;2*1-6-3-4-7(2)8(9)5-6;5*1-7-3-5-8(2)6-4-7;3*1-6-3-4-7(2)8-5-6;2*1-5-3-7-6(2)8-4-5/h2*3-4H,1-2H3;2*3-5H,1-2H3;7-8H,3-6H2,1-2H3;2*3,8H,4-6H2,1-2H3;3,5,7-8H,4,6H2,1-2H3;3-6H,1-2H3;3*6-7H,3-5H2,1-2H3;2*5-6H,3-4H2,1-2H3. The van der Waals surface area contributed by atoms with Crippen LogP contribution in [-0.4, -0.2) is 77.1 Å². The van der Waals surface area contributed by atoms with E-state index in [1.807, 2.05) is 39.8 Å². The van der Waals surface area contributed by atoms with E-state index in [0.717, 1.165) is 111 Å². The molecule has 4 aliphatic carbocycles. The normalized spacial score (nSPS) is 26.6. The summed E-state index contributed by atoms with van der Waals surface area (Å²) in [6.45, 7) is 63.6. The van der Waals surface area contributed by atoms with Crippen LogP contribution < -0.4 is 0 Å². The third kappa shape index (κ3) is 57.1. The molecule has 13 heteroatoms. The molecule has 5 aliphatic heterocycles. The highest BCUT2D eigenvalue weighted by atomic mass is 19.2. The Morgan fingerprint density at radius 3 is 0.678 bits per heavy atom. The second-order valence-electron chi connectivity index (χ2n) is 36.7. The highest BCUT2D eigenvalue weighted by Gasteiger charge is 2.19. The first-order valence-corrected chi connectivity index (χ1v) is 45.1. The Bertz CT molecular complexity index is 3040. The number of halogens is 6. The second kappa shape index (κ2) is 63.5. The minimum absolute atomic E-state index is 0.0196. The second-order valence-corrected chi connectivity index (χ2v) is 36.7. The lowest BCUT2D eigenvalue weighted by Crippen LogP contribution is -2.27. The van der Waals surface area contributed by atoms with Gasteiger partial charge in [-0.1, -0.05) is 197 Å². The third-order valence-corrected chi connectivity index (χ3v) is 22.3. The Morgan fingerprint density at radius 2 is 0.483 bits per heavy atom. The van der Waals surface area contributed by atoms with E-state index >= 15 is 0 Å². The first-order chi connectivity index (χ1) is 55.5. The molecule has 0 radical (unpaired) electrons. The molecule has 0 bridgehead atoms. The number of aryl methyl sites for hydroxylation is 8. The molecule has 10 unspecified atom stereocenters. The van der Waals surface area contributed by atoms with Gasteiger partial charge in [0, 0.05) is 42.8 Å². The molecule has 0 spiro atoms. The van der Waals surface area contributed by atoms with Gasteiger partial charge in [-0.05, 0) is 331 Å². The monoisotopic (exact) mass is 1660 g/mol. The molecule has 0 aromatic heterocycles. The fourth-order valence-electron chi connectivity index (χ4n) is 12.7. The Balaban J connectivity index is 0.000000636. The molecule has 1 saturated carbocycles. The maximum Gasteiger partial charge on any atom is 0.154 e. The molecule has 0 amide bonds. The molecule has 14 rings (SSSR count). The van der Waals surface area contributed by atoms with Crippen molar-refractivity contribution in [1.29, 1.82) is 0 Å². The molecule has 9 aliphatic rings. The van der Waals surface area contributed by atoms with Crippen LogP contribution in [0.25, 0.3) is 0 Å². The van der Waals surface area contributed by atoms with Gasteiger partial charge in [0.2, 0.25) is 0 Å². The average Bonchev–Trinajstić information content (AvgIpc) is 0.867. The fraction of sp³-hybridized carbons (Fsp3) is 0.657. The van der Waals surface area contributed by atoms with E-state index in [-0.39, 0.29) is 35.3 Å². The van der Waals surface area contributed by atoms with E-state index in [4.69, 9.17) is 33.2 Å². The lowest BCUT2D eigenvalue weighted by molar-refractivity contribution is -0.187. The molecule has 7 nitrogen and oxygen atoms in total. The molecule has 672 valence electrons. The number of hydrogen-bond acceptors (Lipinski definition) is 7. The van der Waals surface area contributed by atoms with Gasteiger partial charge in [-0.2, -0.15) is 0 Å². The van der Waals surface area contributed by atoms with Crippen LogP contribution in [-0.2, 0) is 33.2 Å². The van der Waals surface area contributed by atoms with Crippen molar-refractivity contribution < 1.29 is 59.5 Å². The van der Waals surface area contributed by atoms with Crippen LogP contribution in [0.15, 0.2) is 120 Å². The van der Waals surface area contributed by atoms with Crippen LogP contribution in [0.5, 0.6) is 0 Å². The van der Waals surface area contributed by atoms with Crippen molar-refractivity contribution in [1.82, 2.24) is 0 Å². The highest BCUT2D eigenvalue weighted by molar-refractivity contribution is 5.26. The van der Waals surface area contributed by atoms with Gasteiger partial charge < -0.3 is 33.2 Å². The molecule has 118 heavy (non-hydrogen) atoms. The number of hydrogen-bond donors (Lipinski definition) is 0. The van der Waals surface area contributed by atoms with Gasteiger partial charge >= 0.3 is 0 Å². The maximum absolute atomic E-state index is 12.6. The van der Waals surface area contributed by atoms with Gasteiger partial charge in [-0.15, -0.1) is 0 Å². The van der Waals surface area contributed by atoms with Gasteiger partial charge in [0.25, 0.3) is 0 Å². The van der Waals surface area contributed by atoms with E-state index in [1.165, 1.54) is 177 Å². The van der Waals surface area contributed by atoms with Crippen LogP contribution in [0.3, 0.4) is 0 Å². The summed E-state index contributed by atoms with van der Waals surface area (Å²) < 4.78 is 112. The summed E-state index contributed by atoms with van der Waals surface area (Å²) in [5.74, 6) is 7.02. The van der Waals surface area contributed by atoms with Crippen LogP contribution >= 0.6 is 0 Å². The summed E-state index contributed by atoms with van der Waals surface area (Å²) in [7, 11) is 0.